The normalized spacial score (nSPS) is 18.0. The summed E-state index contributed by atoms with van der Waals surface area (Å²) >= 11 is 1.56. The second-order valence-electron chi connectivity index (χ2n) is 6.15. The van der Waals surface area contributed by atoms with Crippen LogP contribution < -0.4 is 16.0 Å². The van der Waals surface area contributed by atoms with Gasteiger partial charge < -0.3 is 16.0 Å². The Kier molecular flexibility index (Phi) is 5.43. The molecule has 1 aromatic rings. The van der Waals surface area contributed by atoms with Crippen molar-refractivity contribution >= 4 is 29.4 Å². The summed E-state index contributed by atoms with van der Waals surface area (Å²) in [4.78, 5) is 24.4. The van der Waals surface area contributed by atoms with Crippen molar-refractivity contribution < 1.29 is 9.59 Å². The van der Waals surface area contributed by atoms with Gasteiger partial charge in [-0.3, -0.25) is 4.79 Å². The lowest BCUT2D eigenvalue weighted by molar-refractivity contribution is -0.113. The van der Waals surface area contributed by atoms with E-state index in [0.29, 0.717) is 18.3 Å². The first-order valence-electron chi connectivity index (χ1n) is 8.30. The van der Waals surface area contributed by atoms with Crippen LogP contribution in [0.5, 0.6) is 0 Å². The molecule has 0 unspecified atom stereocenters. The number of urea groups is 1. The van der Waals surface area contributed by atoms with E-state index in [9.17, 15) is 9.59 Å². The van der Waals surface area contributed by atoms with Gasteiger partial charge in [0, 0.05) is 17.5 Å². The molecule has 5 nitrogen and oxygen atoms in total. The minimum absolute atomic E-state index is 0.0460. The van der Waals surface area contributed by atoms with Crippen LogP contribution in [-0.2, 0) is 11.2 Å². The summed E-state index contributed by atoms with van der Waals surface area (Å²) in [7, 11) is 0. The maximum Gasteiger partial charge on any atom is 0.315 e. The SMILES string of the molecule is O=C1CSc2ccc(CCNC(=O)NC3CCCCC3)cc2N1. The number of nitrogens with one attached hydrogen (secondary N) is 3. The summed E-state index contributed by atoms with van der Waals surface area (Å²) in [6, 6.07) is 6.36. The molecule has 2 aliphatic rings. The van der Waals surface area contributed by atoms with Crippen molar-refractivity contribution in [3.63, 3.8) is 0 Å². The van der Waals surface area contributed by atoms with Gasteiger partial charge in [0.05, 0.1) is 11.4 Å². The average Bonchev–Trinajstić information content (AvgIpc) is 2.55. The van der Waals surface area contributed by atoms with Gasteiger partial charge in [-0.1, -0.05) is 25.3 Å². The molecule has 1 aromatic carbocycles. The Bertz CT molecular complexity index is 585. The fourth-order valence-corrected chi connectivity index (χ4v) is 3.88. The van der Waals surface area contributed by atoms with E-state index in [4.69, 9.17) is 0 Å². The van der Waals surface area contributed by atoms with Gasteiger partial charge in [-0.15, -0.1) is 11.8 Å². The van der Waals surface area contributed by atoms with Gasteiger partial charge in [-0.2, -0.15) is 0 Å². The topological polar surface area (TPSA) is 70.2 Å². The average molecular weight is 333 g/mol. The van der Waals surface area contributed by atoms with E-state index in [0.717, 1.165) is 35.4 Å². The molecule has 3 amide bonds. The van der Waals surface area contributed by atoms with Crippen molar-refractivity contribution in [3.8, 4) is 0 Å². The van der Waals surface area contributed by atoms with Gasteiger partial charge in [0.1, 0.15) is 0 Å². The zero-order valence-corrected chi connectivity index (χ0v) is 14.0. The molecule has 3 N–H and O–H groups in total. The summed E-state index contributed by atoms with van der Waals surface area (Å²) in [6.45, 7) is 0.596. The molecule has 6 heteroatoms. The van der Waals surface area contributed by atoms with Gasteiger partial charge >= 0.3 is 6.03 Å². The summed E-state index contributed by atoms with van der Waals surface area (Å²) in [6.07, 6.45) is 6.65. The van der Waals surface area contributed by atoms with E-state index in [1.54, 1.807) is 11.8 Å². The first-order valence-corrected chi connectivity index (χ1v) is 9.29. The number of rotatable bonds is 4. The Morgan fingerprint density at radius 3 is 2.91 bits per heavy atom. The minimum atomic E-state index is -0.0706. The minimum Gasteiger partial charge on any atom is -0.338 e. The summed E-state index contributed by atoms with van der Waals surface area (Å²) in [5, 5.41) is 8.87. The predicted octanol–water partition coefficient (Wildman–Crippen LogP) is 2.91. The number of carbonyl (C=O) groups is 2. The highest BCUT2D eigenvalue weighted by atomic mass is 32.2. The summed E-state index contributed by atoms with van der Waals surface area (Å²) < 4.78 is 0. The lowest BCUT2D eigenvalue weighted by Gasteiger charge is -2.22. The van der Waals surface area contributed by atoms with Crippen molar-refractivity contribution in [3.05, 3.63) is 23.8 Å². The third-order valence-corrected chi connectivity index (χ3v) is 5.39. The monoisotopic (exact) mass is 333 g/mol. The second kappa shape index (κ2) is 7.73. The molecule has 0 saturated heterocycles. The largest absolute Gasteiger partial charge is 0.338 e. The molecular weight excluding hydrogens is 310 g/mol. The van der Waals surface area contributed by atoms with Crippen LogP contribution in [0.25, 0.3) is 0 Å². The third-order valence-electron chi connectivity index (χ3n) is 4.32. The quantitative estimate of drug-likeness (QED) is 0.793. The number of carbonyl (C=O) groups excluding carboxylic acids is 2. The van der Waals surface area contributed by atoms with Crippen molar-refractivity contribution in [1.82, 2.24) is 10.6 Å². The van der Waals surface area contributed by atoms with Crippen LogP contribution in [0.15, 0.2) is 23.1 Å². The predicted molar refractivity (Wildman–Crippen MR) is 92.9 cm³/mol. The molecule has 0 atom stereocenters. The zero-order chi connectivity index (χ0) is 16.1. The molecule has 0 bridgehead atoms. The fourth-order valence-electron chi connectivity index (χ4n) is 3.09. The highest BCUT2D eigenvalue weighted by molar-refractivity contribution is 8.00. The summed E-state index contributed by atoms with van der Waals surface area (Å²) in [5.41, 5.74) is 2.00. The van der Waals surface area contributed by atoms with Crippen molar-refractivity contribution in [2.24, 2.45) is 0 Å². The molecule has 1 fully saturated rings. The molecule has 0 radical (unpaired) electrons. The first-order chi connectivity index (χ1) is 11.2. The Labute approximate surface area is 141 Å². The number of benzene rings is 1. The van der Waals surface area contributed by atoms with Gasteiger partial charge in [0.15, 0.2) is 0 Å². The van der Waals surface area contributed by atoms with Crippen LogP contribution in [0.1, 0.15) is 37.7 Å². The molecule has 0 aromatic heterocycles. The van der Waals surface area contributed by atoms with Crippen molar-refractivity contribution in [1.29, 1.82) is 0 Å². The Hall–Kier alpha value is -1.69. The number of fused-ring (bicyclic) bond motifs is 1. The van der Waals surface area contributed by atoms with E-state index >= 15 is 0 Å². The Morgan fingerprint density at radius 1 is 1.26 bits per heavy atom. The molecule has 1 aliphatic carbocycles. The number of hydrogen-bond donors (Lipinski definition) is 3. The number of thioether (sulfide) groups is 1. The highest BCUT2D eigenvalue weighted by Crippen LogP contribution is 2.31. The van der Waals surface area contributed by atoms with Gasteiger partial charge in [-0.05, 0) is 37.0 Å². The van der Waals surface area contributed by atoms with E-state index in [1.807, 2.05) is 12.1 Å². The second-order valence-corrected chi connectivity index (χ2v) is 7.17. The molecule has 124 valence electrons. The van der Waals surface area contributed by atoms with Gasteiger partial charge in [-0.25, -0.2) is 4.79 Å². The molecule has 1 saturated carbocycles. The maximum atomic E-state index is 11.9. The highest BCUT2D eigenvalue weighted by Gasteiger charge is 2.16. The van der Waals surface area contributed by atoms with Gasteiger partial charge in [0.2, 0.25) is 5.91 Å². The maximum absolute atomic E-state index is 11.9. The lowest BCUT2D eigenvalue weighted by Crippen LogP contribution is -2.43. The van der Waals surface area contributed by atoms with Crippen LogP contribution in [0.4, 0.5) is 10.5 Å². The standard InChI is InChI=1S/C17H23N3O2S/c21-16-11-23-15-7-6-12(10-14(15)20-16)8-9-18-17(22)19-13-4-2-1-3-5-13/h6-7,10,13H,1-5,8-9,11H2,(H,20,21)(H2,18,19,22). The van der Waals surface area contributed by atoms with Crippen LogP contribution in [0.2, 0.25) is 0 Å². The molecule has 1 heterocycles. The zero-order valence-electron chi connectivity index (χ0n) is 13.2. The van der Waals surface area contributed by atoms with Crippen LogP contribution in [0, 0.1) is 0 Å². The first kappa shape index (κ1) is 16.2. The van der Waals surface area contributed by atoms with Crippen molar-refractivity contribution in [2.45, 2.75) is 49.5 Å². The number of anilines is 1. The van der Waals surface area contributed by atoms with Crippen molar-refractivity contribution in [2.75, 3.05) is 17.6 Å². The molecule has 3 rings (SSSR count). The molecule has 1 aliphatic heterocycles. The van der Waals surface area contributed by atoms with E-state index in [-0.39, 0.29) is 11.9 Å². The van der Waals surface area contributed by atoms with Gasteiger partial charge in [0.25, 0.3) is 0 Å². The lowest BCUT2D eigenvalue weighted by atomic mass is 9.96. The Balaban J connectivity index is 1.44. The third kappa shape index (κ3) is 4.64. The fraction of sp³-hybridized carbons (Fsp3) is 0.529. The summed E-state index contributed by atoms with van der Waals surface area (Å²) in [5.74, 6) is 0.527. The Morgan fingerprint density at radius 2 is 2.09 bits per heavy atom. The van der Waals surface area contributed by atoms with Crippen LogP contribution >= 0.6 is 11.8 Å². The smallest absolute Gasteiger partial charge is 0.315 e. The van der Waals surface area contributed by atoms with Crippen LogP contribution in [0.3, 0.4) is 0 Å². The van der Waals surface area contributed by atoms with Crippen LogP contribution in [-0.4, -0.2) is 30.3 Å². The molecule has 0 spiro atoms. The van der Waals surface area contributed by atoms with E-state index in [2.05, 4.69) is 22.0 Å². The molecule has 23 heavy (non-hydrogen) atoms. The van der Waals surface area contributed by atoms with E-state index in [1.165, 1.54) is 19.3 Å². The van der Waals surface area contributed by atoms with E-state index < -0.39 is 0 Å². The molecular formula is C17H23N3O2S. The number of hydrogen-bond acceptors (Lipinski definition) is 3. The number of amides is 3.